The van der Waals surface area contributed by atoms with Gasteiger partial charge in [0.05, 0.1) is 18.8 Å². The lowest BCUT2D eigenvalue weighted by Gasteiger charge is -2.20. The van der Waals surface area contributed by atoms with Gasteiger partial charge in [-0.2, -0.15) is 0 Å². The van der Waals surface area contributed by atoms with Gasteiger partial charge >= 0.3 is 11.9 Å². The number of hydrogen-bond donors (Lipinski definition) is 6. The topological polar surface area (TPSA) is 173 Å². The van der Waals surface area contributed by atoms with Crippen LogP contribution >= 0.6 is 0 Å². The third-order valence-electron chi connectivity index (χ3n) is 9.38. The molecule has 2 amide bonds. The van der Waals surface area contributed by atoms with E-state index in [1.807, 2.05) is 39.8 Å². The predicted octanol–water partition coefficient (Wildman–Crippen LogP) is 3.35. The maximum atomic E-state index is 12.5. The van der Waals surface area contributed by atoms with Crippen LogP contribution in [0.4, 0.5) is 0 Å². The van der Waals surface area contributed by atoms with E-state index >= 15 is 0 Å². The van der Waals surface area contributed by atoms with Gasteiger partial charge in [-0.3, -0.25) is 19.2 Å². The third kappa shape index (κ3) is 6.14. The first kappa shape index (κ1) is 31.1. The highest BCUT2D eigenvalue weighted by atomic mass is 16.6. The second-order valence-corrected chi connectivity index (χ2v) is 12.1. The van der Waals surface area contributed by atoms with Crippen LogP contribution in [0.3, 0.4) is 0 Å². The molecule has 5 rings (SSSR count). The molecule has 0 aromatic carbocycles. The number of amides is 2. The maximum Gasteiger partial charge on any atom is 0.303 e. The minimum Gasteiger partial charge on any atom is -0.481 e. The molecule has 5 atom stereocenters. The smallest absolute Gasteiger partial charge is 0.303 e. The summed E-state index contributed by atoms with van der Waals surface area (Å²) in [5.41, 5.74) is 8.10. The molecule has 5 heterocycles. The molecule has 1 unspecified atom stereocenters. The number of nitrogens with one attached hydrogen (secondary N) is 4. The monoisotopic (exact) mass is 604 g/mol. The molecule has 1 aromatic rings. The summed E-state index contributed by atoms with van der Waals surface area (Å²) in [5.74, 6) is -2.31. The Morgan fingerprint density at radius 2 is 1.64 bits per heavy atom. The Bertz CT molecular complexity index is 1560. The van der Waals surface area contributed by atoms with Crippen molar-refractivity contribution >= 4 is 35.9 Å². The van der Waals surface area contributed by atoms with Crippen LogP contribution in [0.25, 0.3) is 12.2 Å². The van der Waals surface area contributed by atoms with E-state index in [2.05, 4.69) is 27.5 Å². The summed E-state index contributed by atoms with van der Waals surface area (Å²) in [6.07, 6.45) is 6.47. The lowest BCUT2D eigenvalue weighted by Crippen LogP contribution is -2.36. The number of allylic oxidation sites excluding steroid dienone is 1. The summed E-state index contributed by atoms with van der Waals surface area (Å²) in [6.45, 7) is 12.1. The number of carboxylic acid groups (broad SMARTS) is 2. The molecule has 0 radical (unpaired) electrons. The molecule has 4 aliphatic heterocycles. The van der Waals surface area contributed by atoms with Crippen LogP contribution in [0.1, 0.15) is 69.0 Å². The number of carbonyl (C=O) groups excluding carboxylic acids is 2. The third-order valence-corrected chi connectivity index (χ3v) is 9.38. The van der Waals surface area contributed by atoms with Crippen molar-refractivity contribution in [2.75, 3.05) is 6.61 Å². The maximum absolute atomic E-state index is 12.5. The van der Waals surface area contributed by atoms with E-state index in [0.29, 0.717) is 25.0 Å². The van der Waals surface area contributed by atoms with Crippen molar-refractivity contribution in [1.82, 2.24) is 20.9 Å². The summed E-state index contributed by atoms with van der Waals surface area (Å²) in [6, 6.07) is -0.336. The van der Waals surface area contributed by atoms with E-state index in [9.17, 15) is 29.4 Å². The standard InChI is InChI=1S/C33H40N4O7/c1-6-19-15(2)24(36-33(19)43)11-22-16(3)20(7-9-29(38)39)25(34-22)13-26-21(8-10-30(40)41)17(4)23(35-26)12-27-31(28-14-44-28)18(5)32(42)37-27/h6,12-13,18,22,24,28,31,34-35H,1,7-11,14H2,2-5H3,(H,36,43)(H,37,42)(H,38,39)(H,40,41)/b25-13-,27-12-/t18-,22?,24-,28-,31-/m1/s1. The van der Waals surface area contributed by atoms with Gasteiger partial charge in [-0.05, 0) is 80.0 Å². The van der Waals surface area contributed by atoms with Crippen molar-refractivity contribution in [3.63, 3.8) is 0 Å². The van der Waals surface area contributed by atoms with Gasteiger partial charge in [0.15, 0.2) is 0 Å². The Labute approximate surface area is 256 Å². The van der Waals surface area contributed by atoms with Crippen molar-refractivity contribution in [2.24, 2.45) is 11.8 Å². The number of epoxide rings is 1. The molecule has 0 saturated carbocycles. The fraction of sp³-hybridized carbons (Fsp3) is 0.455. The van der Waals surface area contributed by atoms with Gasteiger partial charge < -0.3 is 35.9 Å². The molecule has 0 spiro atoms. The minimum atomic E-state index is -0.912. The number of aliphatic carboxylic acids is 2. The summed E-state index contributed by atoms with van der Waals surface area (Å²) in [4.78, 5) is 51.5. The molecule has 0 bridgehead atoms. The Morgan fingerprint density at radius 1 is 0.977 bits per heavy atom. The van der Waals surface area contributed by atoms with E-state index in [1.165, 1.54) is 0 Å². The molecule has 0 aliphatic carbocycles. The Kier molecular flexibility index (Phi) is 8.69. The van der Waals surface area contributed by atoms with Gasteiger partial charge in [0, 0.05) is 59.1 Å². The van der Waals surface area contributed by atoms with Crippen LogP contribution in [0, 0.1) is 18.8 Å². The van der Waals surface area contributed by atoms with Gasteiger partial charge in [0.25, 0.3) is 5.91 Å². The number of carbonyl (C=O) groups is 4. The van der Waals surface area contributed by atoms with Gasteiger partial charge in [0.2, 0.25) is 5.91 Å². The number of ether oxygens (including phenoxy) is 1. The average molecular weight is 605 g/mol. The summed E-state index contributed by atoms with van der Waals surface area (Å²) in [7, 11) is 0. The number of aromatic amines is 1. The Hall–Kier alpha value is -4.38. The van der Waals surface area contributed by atoms with E-state index in [1.54, 1.807) is 6.08 Å². The lowest BCUT2D eigenvalue weighted by atomic mass is 9.91. The number of aromatic nitrogens is 1. The highest BCUT2D eigenvalue weighted by molar-refractivity contribution is 6.00. The largest absolute Gasteiger partial charge is 0.481 e. The molecule has 11 nitrogen and oxygen atoms in total. The van der Waals surface area contributed by atoms with Crippen molar-refractivity contribution < 1.29 is 34.1 Å². The molecule has 2 fully saturated rings. The molecule has 4 aliphatic rings. The van der Waals surface area contributed by atoms with Crippen LogP contribution in [0.2, 0.25) is 0 Å². The number of rotatable bonds is 12. The van der Waals surface area contributed by atoms with Crippen LogP contribution in [0.15, 0.2) is 46.3 Å². The predicted molar refractivity (Wildman–Crippen MR) is 164 cm³/mol. The van der Waals surface area contributed by atoms with Gasteiger partial charge in [-0.1, -0.05) is 19.6 Å². The van der Waals surface area contributed by atoms with Gasteiger partial charge in [-0.25, -0.2) is 0 Å². The molecule has 2 saturated heterocycles. The van der Waals surface area contributed by atoms with Gasteiger partial charge in [0.1, 0.15) is 0 Å². The molecular formula is C33H40N4O7. The number of hydrogen-bond acceptors (Lipinski definition) is 6. The lowest BCUT2D eigenvalue weighted by molar-refractivity contribution is -0.138. The molecule has 234 valence electrons. The highest BCUT2D eigenvalue weighted by Gasteiger charge is 2.46. The van der Waals surface area contributed by atoms with Crippen LogP contribution in [0.5, 0.6) is 0 Å². The first-order chi connectivity index (χ1) is 20.9. The van der Waals surface area contributed by atoms with Crippen molar-refractivity contribution in [1.29, 1.82) is 0 Å². The molecule has 6 N–H and O–H groups in total. The fourth-order valence-electron chi connectivity index (χ4n) is 6.66. The Balaban J connectivity index is 1.51. The average Bonchev–Trinajstić information content (AvgIpc) is 3.53. The molecule has 1 aromatic heterocycles. The second-order valence-electron chi connectivity index (χ2n) is 12.1. The zero-order valence-corrected chi connectivity index (χ0v) is 25.5. The van der Waals surface area contributed by atoms with Crippen LogP contribution < -0.4 is 16.0 Å². The second kappa shape index (κ2) is 12.3. The van der Waals surface area contributed by atoms with Gasteiger partial charge in [-0.15, -0.1) is 0 Å². The molecule has 44 heavy (non-hydrogen) atoms. The normalized spacial score (nSPS) is 28.1. The van der Waals surface area contributed by atoms with Crippen molar-refractivity contribution in [3.8, 4) is 0 Å². The zero-order chi connectivity index (χ0) is 31.9. The Morgan fingerprint density at radius 3 is 2.25 bits per heavy atom. The fourth-order valence-corrected chi connectivity index (χ4v) is 6.66. The summed E-state index contributed by atoms with van der Waals surface area (Å²) >= 11 is 0. The van der Waals surface area contributed by atoms with Crippen LogP contribution in [-0.2, 0) is 30.3 Å². The van der Waals surface area contributed by atoms with Crippen LogP contribution in [-0.4, -0.2) is 63.7 Å². The van der Waals surface area contributed by atoms with E-state index in [4.69, 9.17) is 4.74 Å². The van der Waals surface area contributed by atoms with E-state index in [0.717, 1.165) is 50.6 Å². The van der Waals surface area contributed by atoms with Crippen molar-refractivity contribution in [2.45, 2.75) is 78.0 Å². The first-order valence-electron chi connectivity index (χ1n) is 15.0. The molecule has 11 heteroatoms. The number of carboxylic acids is 2. The SMILES string of the molecule is C=CC1=C(C)[C@@H](CC2N/C(=C\c3[nH]c(/C=C4\NC(=O)[C@H](C)[C@H]4[C@H]4CO4)c(C)c3CCC(=O)O)C(CCC(=O)O)=C2C)NC1=O. The zero-order valence-electron chi connectivity index (χ0n) is 25.5. The summed E-state index contributed by atoms with van der Waals surface area (Å²) in [5, 5.41) is 28.5. The minimum absolute atomic E-state index is 0.00578. The van der Waals surface area contributed by atoms with Crippen molar-refractivity contribution in [3.05, 3.63) is 68.9 Å². The summed E-state index contributed by atoms with van der Waals surface area (Å²) < 4.78 is 5.53. The first-order valence-corrected chi connectivity index (χ1v) is 15.0. The molecular weight excluding hydrogens is 564 g/mol. The van der Waals surface area contributed by atoms with E-state index < -0.39 is 11.9 Å². The highest BCUT2D eigenvalue weighted by Crippen LogP contribution is 2.39. The quantitative estimate of drug-likeness (QED) is 0.197. The number of H-pyrrole nitrogens is 1. The van der Waals surface area contributed by atoms with E-state index in [-0.39, 0.29) is 61.1 Å².